The van der Waals surface area contributed by atoms with Crippen LogP contribution in [0.25, 0.3) is 0 Å². The van der Waals surface area contributed by atoms with Crippen LogP contribution in [0.15, 0.2) is 0 Å². The molecule has 0 amide bonds. The molecule has 0 aliphatic rings. The highest BCUT2D eigenvalue weighted by Gasteiger charge is 1.98. The van der Waals surface area contributed by atoms with Crippen molar-refractivity contribution in [1.82, 2.24) is 9.96 Å². The number of aliphatic hydroxyl groups is 1. The summed E-state index contributed by atoms with van der Waals surface area (Å²) in [5.74, 6) is 0. The molecule has 0 saturated heterocycles. The van der Waals surface area contributed by atoms with E-state index in [9.17, 15) is 5.21 Å². The number of hydrogen-bond donors (Lipinski definition) is 2. The number of nitrogens with zero attached hydrogens (tertiary/aromatic N) is 2. The van der Waals surface area contributed by atoms with Gasteiger partial charge >= 0.3 is 0 Å². The van der Waals surface area contributed by atoms with Gasteiger partial charge in [-0.3, -0.25) is 0 Å². The van der Waals surface area contributed by atoms with Gasteiger partial charge in [0.05, 0.1) is 6.61 Å². The molecule has 4 nitrogen and oxygen atoms in total. The van der Waals surface area contributed by atoms with E-state index in [-0.39, 0.29) is 6.61 Å². The maximum Gasteiger partial charge on any atom is 0.0581 e. The van der Waals surface area contributed by atoms with Gasteiger partial charge < -0.3 is 15.2 Å². The van der Waals surface area contributed by atoms with E-state index in [0.717, 1.165) is 6.42 Å². The Labute approximate surface area is 203 Å². The maximum atomic E-state index is 9.25. The molecule has 0 aliphatic heterocycles. The topological polar surface area (TPSA) is 46.9 Å². The highest BCUT2D eigenvalue weighted by atomic mass is 16.5. The van der Waals surface area contributed by atoms with E-state index >= 15 is 0 Å². The van der Waals surface area contributed by atoms with Crippen molar-refractivity contribution < 1.29 is 10.3 Å². The van der Waals surface area contributed by atoms with Crippen molar-refractivity contribution >= 4 is 0 Å². The lowest BCUT2D eigenvalue weighted by Gasteiger charge is -2.12. The van der Waals surface area contributed by atoms with Gasteiger partial charge in [-0.1, -0.05) is 129 Å². The van der Waals surface area contributed by atoms with Crippen molar-refractivity contribution in [1.29, 1.82) is 0 Å². The smallest absolute Gasteiger partial charge is 0.0581 e. The molecule has 0 fully saturated rings. The minimum atomic E-state index is 0.0360. The molecule has 0 aromatic rings. The second-order valence-corrected chi connectivity index (χ2v) is 9.84. The zero-order chi connectivity index (χ0) is 24.1. The molecule has 196 valence electrons. The Balaban J connectivity index is 0. The Morgan fingerprint density at radius 3 is 1.06 bits per heavy atom. The van der Waals surface area contributed by atoms with Gasteiger partial charge in [-0.25, -0.2) is 0 Å². The molecule has 32 heavy (non-hydrogen) atoms. The molecule has 0 atom stereocenters. The summed E-state index contributed by atoms with van der Waals surface area (Å²) in [6.45, 7) is 6.89. The summed E-state index contributed by atoms with van der Waals surface area (Å²) in [5.41, 5.74) is 0. The lowest BCUT2D eigenvalue weighted by Crippen LogP contribution is -2.23. The highest BCUT2D eigenvalue weighted by molar-refractivity contribution is 4.50. The molecule has 0 spiro atoms. The molecule has 0 heterocycles. The molecule has 2 N–H and O–H groups in total. The first-order valence-corrected chi connectivity index (χ1v) is 14.3. The molecule has 0 unspecified atom stereocenters. The maximum absolute atomic E-state index is 9.25. The summed E-state index contributed by atoms with van der Waals surface area (Å²) in [6.07, 6.45) is 27.4. The predicted molar refractivity (Wildman–Crippen MR) is 143 cm³/mol. The van der Waals surface area contributed by atoms with Crippen LogP contribution in [-0.2, 0) is 0 Å². The van der Waals surface area contributed by atoms with Crippen LogP contribution in [-0.4, -0.2) is 60.6 Å². The SMILES string of the molecule is CCCCCCCCCCCCN(C)C.CCCCCCCCCCCCN(O)CCO. The van der Waals surface area contributed by atoms with Gasteiger partial charge in [-0.05, 0) is 33.5 Å². The van der Waals surface area contributed by atoms with Crippen LogP contribution < -0.4 is 0 Å². The van der Waals surface area contributed by atoms with Crippen LogP contribution in [0.1, 0.15) is 142 Å². The molecular weight excluding hydrogens is 396 g/mol. The molecule has 0 aromatic heterocycles. The highest BCUT2D eigenvalue weighted by Crippen LogP contribution is 2.11. The number of aliphatic hydroxyl groups excluding tert-OH is 1. The van der Waals surface area contributed by atoms with E-state index < -0.39 is 0 Å². The lowest BCUT2D eigenvalue weighted by atomic mass is 10.1. The zero-order valence-corrected chi connectivity index (χ0v) is 22.8. The van der Waals surface area contributed by atoms with Crippen LogP contribution in [0.3, 0.4) is 0 Å². The molecule has 0 radical (unpaired) electrons. The third-order valence-corrected chi connectivity index (χ3v) is 6.09. The Morgan fingerprint density at radius 1 is 0.438 bits per heavy atom. The Kier molecular flexibility index (Phi) is 32.8. The molecular formula is C28H62N2O2. The van der Waals surface area contributed by atoms with E-state index in [1.165, 1.54) is 134 Å². The standard InChI is InChI=1S/C14H31NO2.C14H31N/c1-2-3-4-5-6-7-8-9-10-11-12-15(17)13-14-16;1-4-5-6-7-8-9-10-11-12-13-14-15(2)3/h16-17H,2-14H2,1H3;4-14H2,1-3H3. The van der Waals surface area contributed by atoms with Crippen molar-refractivity contribution in [2.24, 2.45) is 0 Å². The third-order valence-electron chi connectivity index (χ3n) is 6.09. The van der Waals surface area contributed by atoms with E-state index in [1.807, 2.05) is 0 Å². The first-order chi connectivity index (χ1) is 15.6. The zero-order valence-electron chi connectivity index (χ0n) is 22.8. The van der Waals surface area contributed by atoms with E-state index in [0.29, 0.717) is 13.1 Å². The normalized spacial score (nSPS) is 11.2. The second kappa shape index (κ2) is 30.8. The van der Waals surface area contributed by atoms with Crippen LogP contribution in [0, 0.1) is 0 Å². The summed E-state index contributed by atoms with van der Waals surface area (Å²) in [7, 11) is 4.32. The lowest BCUT2D eigenvalue weighted by molar-refractivity contribution is -0.0991. The van der Waals surface area contributed by atoms with Crippen molar-refractivity contribution in [3.63, 3.8) is 0 Å². The summed E-state index contributed by atoms with van der Waals surface area (Å²) >= 11 is 0. The molecule has 0 aliphatic carbocycles. The fourth-order valence-electron chi connectivity index (χ4n) is 3.92. The largest absolute Gasteiger partial charge is 0.395 e. The van der Waals surface area contributed by atoms with Gasteiger partial charge in [0, 0.05) is 13.1 Å². The number of hydroxylamine groups is 2. The molecule has 0 aromatic carbocycles. The predicted octanol–water partition coefficient (Wildman–Crippen LogP) is 8.06. The van der Waals surface area contributed by atoms with Crippen LogP contribution >= 0.6 is 0 Å². The van der Waals surface area contributed by atoms with Crippen LogP contribution in [0.5, 0.6) is 0 Å². The quantitative estimate of drug-likeness (QED) is 0.113. The van der Waals surface area contributed by atoms with Crippen molar-refractivity contribution in [3.8, 4) is 0 Å². The minimum Gasteiger partial charge on any atom is -0.395 e. The van der Waals surface area contributed by atoms with E-state index in [4.69, 9.17) is 5.11 Å². The summed E-state index contributed by atoms with van der Waals surface area (Å²) < 4.78 is 0. The molecule has 4 heteroatoms. The van der Waals surface area contributed by atoms with Gasteiger partial charge in [0.2, 0.25) is 0 Å². The molecule has 0 rings (SSSR count). The number of unbranched alkanes of at least 4 members (excludes halogenated alkanes) is 18. The first kappa shape index (κ1) is 34.0. The van der Waals surface area contributed by atoms with Crippen molar-refractivity contribution in [2.75, 3.05) is 40.3 Å². The fraction of sp³-hybridized carbons (Fsp3) is 1.00. The van der Waals surface area contributed by atoms with Crippen LogP contribution in [0.2, 0.25) is 0 Å². The monoisotopic (exact) mass is 458 g/mol. The fourth-order valence-corrected chi connectivity index (χ4v) is 3.92. The van der Waals surface area contributed by atoms with E-state index in [1.54, 1.807) is 0 Å². The Morgan fingerprint density at radius 2 is 0.750 bits per heavy atom. The average molecular weight is 459 g/mol. The third kappa shape index (κ3) is 34.5. The summed E-state index contributed by atoms with van der Waals surface area (Å²) in [5, 5.41) is 19.1. The van der Waals surface area contributed by atoms with Gasteiger partial charge in [-0.15, -0.1) is 0 Å². The summed E-state index contributed by atoms with van der Waals surface area (Å²) in [4.78, 5) is 2.28. The molecule has 0 bridgehead atoms. The Hall–Kier alpha value is -0.160. The minimum absolute atomic E-state index is 0.0360. The van der Waals surface area contributed by atoms with Crippen molar-refractivity contribution in [3.05, 3.63) is 0 Å². The van der Waals surface area contributed by atoms with Crippen LogP contribution in [0.4, 0.5) is 0 Å². The first-order valence-electron chi connectivity index (χ1n) is 14.3. The van der Waals surface area contributed by atoms with Gasteiger partial charge in [-0.2, -0.15) is 5.06 Å². The van der Waals surface area contributed by atoms with E-state index in [2.05, 4.69) is 32.8 Å². The second-order valence-electron chi connectivity index (χ2n) is 9.84. The number of hydrogen-bond acceptors (Lipinski definition) is 4. The Bertz CT molecular complexity index is 314. The van der Waals surface area contributed by atoms with Gasteiger partial charge in [0.25, 0.3) is 0 Å². The van der Waals surface area contributed by atoms with Gasteiger partial charge in [0.1, 0.15) is 0 Å². The average Bonchev–Trinajstić information content (AvgIpc) is 2.77. The summed E-state index contributed by atoms with van der Waals surface area (Å²) in [6, 6.07) is 0. The van der Waals surface area contributed by atoms with Gasteiger partial charge in [0.15, 0.2) is 0 Å². The number of rotatable bonds is 24. The van der Waals surface area contributed by atoms with Crippen molar-refractivity contribution in [2.45, 2.75) is 142 Å². The molecule has 0 saturated carbocycles.